The number of carboxylic acid groups (broad SMARTS) is 1. The number of aliphatic carboxylic acids is 1. The molecule has 1 atom stereocenters. The Labute approximate surface area is 174 Å². The molecule has 3 amide bonds. The van der Waals surface area contributed by atoms with Crippen LogP contribution in [-0.4, -0.2) is 42.1 Å². The van der Waals surface area contributed by atoms with Crippen molar-refractivity contribution in [3.63, 3.8) is 0 Å². The Balaban J connectivity index is 1.51. The van der Waals surface area contributed by atoms with Crippen LogP contribution in [0.4, 0.5) is 10.5 Å². The van der Waals surface area contributed by atoms with Gasteiger partial charge in [0.05, 0.1) is 6.54 Å². The zero-order valence-electron chi connectivity index (χ0n) is 16.6. The van der Waals surface area contributed by atoms with E-state index in [1.807, 2.05) is 30.3 Å². The Kier molecular flexibility index (Phi) is 7.03. The van der Waals surface area contributed by atoms with Crippen LogP contribution in [0.1, 0.15) is 30.4 Å². The van der Waals surface area contributed by atoms with E-state index in [2.05, 4.69) is 28.1 Å². The number of carbonyl (C=O) groups excluding carboxylic acids is 2. The molecule has 2 aromatic rings. The quantitative estimate of drug-likeness (QED) is 0.344. The number of unbranched alkanes of at least 4 members (excludes halogenated alkanes) is 1. The van der Waals surface area contributed by atoms with E-state index in [4.69, 9.17) is 5.73 Å². The molecule has 0 saturated heterocycles. The third-order valence-corrected chi connectivity index (χ3v) is 5.08. The summed E-state index contributed by atoms with van der Waals surface area (Å²) in [6.45, 7) is 0.348. The molecule has 0 bridgehead atoms. The van der Waals surface area contributed by atoms with E-state index < -0.39 is 18.0 Å². The Morgan fingerprint density at radius 3 is 2.57 bits per heavy atom. The van der Waals surface area contributed by atoms with Crippen molar-refractivity contribution in [1.29, 1.82) is 0 Å². The molecule has 2 aromatic carbocycles. The Morgan fingerprint density at radius 1 is 1.03 bits per heavy atom. The van der Waals surface area contributed by atoms with Crippen molar-refractivity contribution in [2.75, 3.05) is 18.4 Å². The van der Waals surface area contributed by atoms with Crippen LogP contribution in [0.15, 0.2) is 42.5 Å². The first-order valence-electron chi connectivity index (χ1n) is 9.96. The number of fused-ring (bicyclic) bond motifs is 3. The van der Waals surface area contributed by atoms with Crippen LogP contribution in [-0.2, 0) is 16.0 Å². The fourth-order valence-corrected chi connectivity index (χ4v) is 3.58. The smallest absolute Gasteiger partial charge is 0.326 e. The first-order valence-corrected chi connectivity index (χ1v) is 9.96. The third kappa shape index (κ3) is 5.36. The van der Waals surface area contributed by atoms with Crippen LogP contribution in [0, 0.1) is 0 Å². The fraction of sp³-hybridized carbons (Fsp3) is 0.318. The lowest BCUT2D eigenvalue weighted by Crippen LogP contribution is -2.43. The molecular formula is C22H26N4O4. The summed E-state index contributed by atoms with van der Waals surface area (Å²) in [5.74, 6) is -1.35. The minimum Gasteiger partial charge on any atom is -0.480 e. The normalized spacial score (nSPS) is 12.4. The Hall–Kier alpha value is -3.39. The lowest BCUT2D eigenvalue weighted by atomic mass is 10.1. The number of rotatable bonds is 9. The highest BCUT2D eigenvalue weighted by molar-refractivity contribution is 5.93. The molecule has 0 spiro atoms. The van der Waals surface area contributed by atoms with Gasteiger partial charge in [0.1, 0.15) is 6.04 Å². The number of nitrogens with one attached hydrogen (secondary N) is 3. The number of hydrogen-bond donors (Lipinski definition) is 5. The zero-order chi connectivity index (χ0) is 21.5. The van der Waals surface area contributed by atoms with Gasteiger partial charge in [-0.15, -0.1) is 0 Å². The molecule has 6 N–H and O–H groups in total. The summed E-state index contributed by atoms with van der Waals surface area (Å²) in [5.41, 5.74) is 10.6. The average molecular weight is 410 g/mol. The summed E-state index contributed by atoms with van der Waals surface area (Å²) in [6.07, 6.45) is 2.21. The largest absolute Gasteiger partial charge is 0.480 e. The molecule has 1 aliphatic rings. The van der Waals surface area contributed by atoms with Crippen LogP contribution < -0.4 is 21.7 Å². The molecule has 0 radical (unpaired) electrons. The Morgan fingerprint density at radius 2 is 1.80 bits per heavy atom. The molecule has 0 saturated carbocycles. The van der Waals surface area contributed by atoms with Gasteiger partial charge in [0.15, 0.2) is 0 Å². The van der Waals surface area contributed by atoms with E-state index in [1.165, 1.54) is 11.1 Å². The van der Waals surface area contributed by atoms with Gasteiger partial charge in [-0.05, 0) is 60.1 Å². The maximum atomic E-state index is 12.3. The van der Waals surface area contributed by atoms with E-state index in [0.29, 0.717) is 25.1 Å². The van der Waals surface area contributed by atoms with E-state index in [-0.39, 0.29) is 18.9 Å². The predicted molar refractivity (Wildman–Crippen MR) is 114 cm³/mol. The summed E-state index contributed by atoms with van der Waals surface area (Å²) in [5, 5.41) is 17.2. The second-order valence-corrected chi connectivity index (χ2v) is 7.24. The first-order chi connectivity index (χ1) is 14.5. The third-order valence-electron chi connectivity index (χ3n) is 5.08. The van der Waals surface area contributed by atoms with Crippen molar-refractivity contribution in [2.45, 2.75) is 31.7 Å². The minimum absolute atomic E-state index is 0.0751. The molecule has 0 fully saturated rings. The highest BCUT2D eigenvalue weighted by Crippen LogP contribution is 2.37. The molecule has 8 heteroatoms. The van der Waals surface area contributed by atoms with Gasteiger partial charge in [-0.1, -0.05) is 30.3 Å². The molecule has 158 valence electrons. The average Bonchev–Trinajstić information content (AvgIpc) is 3.09. The van der Waals surface area contributed by atoms with Gasteiger partial charge >= 0.3 is 12.0 Å². The summed E-state index contributed by atoms with van der Waals surface area (Å²) < 4.78 is 0. The number of benzene rings is 2. The number of hydrogen-bond acceptors (Lipinski definition) is 4. The van der Waals surface area contributed by atoms with Crippen molar-refractivity contribution in [1.82, 2.24) is 10.6 Å². The Bertz CT molecular complexity index is 944. The fourth-order valence-electron chi connectivity index (χ4n) is 3.58. The molecule has 30 heavy (non-hydrogen) atoms. The van der Waals surface area contributed by atoms with Crippen molar-refractivity contribution >= 4 is 23.6 Å². The summed E-state index contributed by atoms with van der Waals surface area (Å²) in [6, 6.07) is 12.3. The number of carbonyl (C=O) groups is 3. The van der Waals surface area contributed by atoms with E-state index >= 15 is 0 Å². The lowest BCUT2D eigenvalue weighted by molar-refractivity contribution is -0.139. The van der Waals surface area contributed by atoms with Crippen molar-refractivity contribution in [2.24, 2.45) is 5.73 Å². The maximum absolute atomic E-state index is 12.3. The number of carboxylic acids is 1. The molecule has 0 heterocycles. The number of amides is 3. The van der Waals surface area contributed by atoms with E-state index in [0.717, 1.165) is 17.5 Å². The topological polar surface area (TPSA) is 134 Å². The minimum atomic E-state index is -1.10. The van der Waals surface area contributed by atoms with Crippen molar-refractivity contribution in [3.05, 3.63) is 53.6 Å². The molecule has 1 aliphatic carbocycles. The van der Waals surface area contributed by atoms with Gasteiger partial charge in [0.25, 0.3) is 0 Å². The lowest BCUT2D eigenvalue weighted by Gasteiger charge is -2.15. The molecule has 3 rings (SSSR count). The van der Waals surface area contributed by atoms with Gasteiger partial charge < -0.3 is 26.8 Å². The van der Waals surface area contributed by atoms with E-state index in [9.17, 15) is 19.5 Å². The highest BCUT2D eigenvalue weighted by atomic mass is 16.4. The second-order valence-electron chi connectivity index (χ2n) is 7.24. The van der Waals surface area contributed by atoms with Crippen LogP contribution in [0.2, 0.25) is 0 Å². The number of anilines is 1. The molecule has 0 aromatic heterocycles. The van der Waals surface area contributed by atoms with E-state index in [1.54, 1.807) is 0 Å². The molecular weight excluding hydrogens is 384 g/mol. The molecule has 0 aliphatic heterocycles. The van der Waals surface area contributed by atoms with Gasteiger partial charge in [-0.25, -0.2) is 9.59 Å². The van der Waals surface area contributed by atoms with Crippen LogP contribution >= 0.6 is 0 Å². The standard InChI is InChI=1S/C22H26N4O4/c23-13-20(27)24-10-4-3-7-19(21(28)29)26-22(30)25-16-8-9-18-15(12-16)11-14-5-1-2-6-17(14)18/h1-2,5-6,8-9,12,19H,3-4,7,10-11,13,23H2,(H,24,27)(H,28,29)(H2,25,26,30). The number of urea groups is 1. The van der Waals surface area contributed by atoms with Crippen molar-refractivity contribution in [3.8, 4) is 11.1 Å². The number of nitrogens with two attached hydrogens (primary N) is 1. The summed E-state index contributed by atoms with van der Waals surface area (Å²) in [4.78, 5) is 34.8. The van der Waals surface area contributed by atoms with Crippen molar-refractivity contribution < 1.29 is 19.5 Å². The van der Waals surface area contributed by atoms with Gasteiger partial charge in [0, 0.05) is 12.2 Å². The second kappa shape index (κ2) is 9.89. The van der Waals surface area contributed by atoms with Crippen LogP contribution in [0.3, 0.4) is 0 Å². The SMILES string of the molecule is NCC(=O)NCCCCC(NC(=O)Nc1ccc2c(c1)Cc1ccccc1-2)C(=O)O. The van der Waals surface area contributed by atoms with Gasteiger partial charge in [-0.3, -0.25) is 4.79 Å². The summed E-state index contributed by atoms with van der Waals surface area (Å²) in [7, 11) is 0. The maximum Gasteiger partial charge on any atom is 0.326 e. The highest BCUT2D eigenvalue weighted by Gasteiger charge is 2.21. The predicted octanol–water partition coefficient (Wildman–Crippen LogP) is 2.08. The molecule has 8 nitrogen and oxygen atoms in total. The van der Waals surface area contributed by atoms with Crippen LogP contribution in [0.25, 0.3) is 11.1 Å². The summed E-state index contributed by atoms with van der Waals surface area (Å²) >= 11 is 0. The van der Waals surface area contributed by atoms with Gasteiger partial charge in [0.2, 0.25) is 5.91 Å². The monoisotopic (exact) mass is 410 g/mol. The van der Waals surface area contributed by atoms with Gasteiger partial charge in [-0.2, -0.15) is 0 Å². The van der Waals surface area contributed by atoms with Crippen LogP contribution in [0.5, 0.6) is 0 Å². The molecule has 1 unspecified atom stereocenters. The first kappa shape index (κ1) is 21.3. The zero-order valence-corrected chi connectivity index (χ0v) is 16.6.